The van der Waals surface area contributed by atoms with Crippen LogP contribution in [-0.2, 0) is 19.4 Å². The number of carbonyl (C=O) groups excluding carboxylic acids is 1. The molecule has 0 aliphatic carbocycles. The molecule has 0 bridgehead atoms. The van der Waals surface area contributed by atoms with E-state index < -0.39 is 32.9 Å². The zero-order chi connectivity index (χ0) is 11.6. The minimum absolute atomic E-state index is 0.880. The number of ether oxygens (including phenoxy) is 1. The Kier molecular flexibility index (Phi) is 3.99. The molecule has 0 radical (unpaired) electrons. The van der Waals surface area contributed by atoms with Crippen LogP contribution < -0.4 is 0 Å². The van der Waals surface area contributed by atoms with Gasteiger partial charge in [-0.2, -0.15) is 8.78 Å². The van der Waals surface area contributed by atoms with E-state index in [-0.39, 0.29) is 0 Å². The molecule has 14 heavy (non-hydrogen) atoms. The second kappa shape index (κ2) is 4.20. The van der Waals surface area contributed by atoms with Crippen LogP contribution in [0, 0.1) is 0 Å². The third kappa shape index (κ3) is 5.11. The average Bonchev–Trinajstić information content (AvgIpc) is 1.79. The Morgan fingerprint density at radius 3 is 2.07 bits per heavy atom. The third-order valence-electron chi connectivity index (χ3n) is 1.01. The Hall–Kier alpha value is -0.720. The summed E-state index contributed by atoms with van der Waals surface area (Å²) in [5.74, 6) is -6.00. The third-order valence-corrected chi connectivity index (χ3v) is 2.19. The fourth-order valence-corrected chi connectivity index (χ4v) is 1.11. The zero-order valence-corrected chi connectivity index (χ0v) is 8.90. The van der Waals surface area contributed by atoms with E-state index in [1.807, 2.05) is 0 Å². The molecule has 4 nitrogen and oxygen atoms in total. The van der Waals surface area contributed by atoms with Gasteiger partial charge in [0.2, 0.25) is 9.84 Å². The summed E-state index contributed by atoms with van der Waals surface area (Å²) in [6.07, 6.45) is 0. The smallest absolute Gasteiger partial charge is 0.337 e. The van der Waals surface area contributed by atoms with Gasteiger partial charge in [0.1, 0.15) is 5.60 Å². The molecule has 0 N–H and O–H groups in total. The largest absolute Gasteiger partial charge is 0.459 e. The molecule has 0 spiro atoms. The molecule has 0 rings (SSSR count). The lowest BCUT2D eigenvalue weighted by Gasteiger charge is -2.19. The lowest BCUT2D eigenvalue weighted by molar-refractivity contribution is -0.151. The van der Waals surface area contributed by atoms with Crippen molar-refractivity contribution in [2.24, 2.45) is 0 Å². The second-order valence-corrected chi connectivity index (χ2v) is 5.63. The van der Waals surface area contributed by atoms with Crippen molar-refractivity contribution in [3.63, 3.8) is 0 Å². The van der Waals surface area contributed by atoms with Crippen LogP contribution in [0.1, 0.15) is 20.8 Å². The predicted octanol–water partition coefficient (Wildman–Crippen LogP) is 0.966. The molecule has 7 heteroatoms. The molecule has 0 aromatic carbocycles. The van der Waals surface area contributed by atoms with E-state index in [9.17, 15) is 22.0 Å². The first-order valence-electron chi connectivity index (χ1n) is 3.76. The number of carbonyl (C=O) groups is 1. The van der Waals surface area contributed by atoms with Gasteiger partial charge in [0, 0.05) is 0 Å². The van der Waals surface area contributed by atoms with Crippen molar-refractivity contribution >= 4 is 15.8 Å². The molecule has 0 atom stereocenters. The SMILES string of the molecule is CC(C)(C)OC(=O)CS(=O)(=O)C(F)F. The first-order valence-corrected chi connectivity index (χ1v) is 5.48. The summed E-state index contributed by atoms with van der Waals surface area (Å²) >= 11 is 0. The summed E-state index contributed by atoms with van der Waals surface area (Å²) in [5.41, 5.74) is -0.880. The quantitative estimate of drug-likeness (QED) is 0.678. The Balaban J connectivity index is 4.36. The summed E-state index contributed by atoms with van der Waals surface area (Å²) in [6.45, 7) is 4.54. The van der Waals surface area contributed by atoms with Gasteiger partial charge in [-0.05, 0) is 20.8 Å². The van der Waals surface area contributed by atoms with Crippen LogP contribution in [0.25, 0.3) is 0 Å². The number of hydrogen-bond donors (Lipinski definition) is 0. The van der Waals surface area contributed by atoms with E-state index >= 15 is 0 Å². The molecular weight excluding hydrogens is 218 g/mol. The van der Waals surface area contributed by atoms with Gasteiger partial charge in [-0.3, -0.25) is 4.79 Å². The van der Waals surface area contributed by atoms with Crippen LogP contribution in [-0.4, -0.2) is 31.5 Å². The number of rotatable bonds is 3. The number of sulfone groups is 1. The van der Waals surface area contributed by atoms with Crippen molar-refractivity contribution in [3.05, 3.63) is 0 Å². The average molecular weight is 230 g/mol. The number of esters is 1. The first-order chi connectivity index (χ1) is 6.04. The van der Waals surface area contributed by atoms with Gasteiger partial charge in [0.05, 0.1) is 0 Å². The highest BCUT2D eigenvalue weighted by atomic mass is 32.2. The van der Waals surface area contributed by atoms with Gasteiger partial charge in [-0.15, -0.1) is 0 Å². The molecule has 0 heterocycles. The lowest BCUT2D eigenvalue weighted by Crippen LogP contribution is -2.30. The maximum absolute atomic E-state index is 11.8. The van der Waals surface area contributed by atoms with E-state index in [4.69, 9.17) is 0 Å². The summed E-state index contributed by atoms with van der Waals surface area (Å²) in [5, 5.41) is 0. The van der Waals surface area contributed by atoms with Crippen molar-refractivity contribution < 1.29 is 26.7 Å². The second-order valence-electron chi connectivity index (χ2n) is 3.65. The molecule has 0 aromatic rings. The van der Waals surface area contributed by atoms with Gasteiger partial charge in [0.15, 0.2) is 5.75 Å². The van der Waals surface area contributed by atoms with Crippen LogP contribution in [0.2, 0.25) is 0 Å². The van der Waals surface area contributed by atoms with Gasteiger partial charge >= 0.3 is 11.7 Å². The Morgan fingerprint density at radius 2 is 1.79 bits per heavy atom. The van der Waals surface area contributed by atoms with Crippen molar-refractivity contribution in [2.75, 3.05) is 5.75 Å². The van der Waals surface area contributed by atoms with E-state index in [0.29, 0.717) is 0 Å². The highest BCUT2D eigenvalue weighted by Gasteiger charge is 2.29. The lowest BCUT2D eigenvalue weighted by atomic mass is 10.2. The minimum Gasteiger partial charge on any atom is -0.459 e. The highest BCUT2D eigenvalue weighted by Crippen LogP contribution is 2.10. The van der Waals surface area contributed by atoms with Gasteiger partial charge in [-0.25, -0.2) is 8.42 Å². The number of halogens is 2. The molecule has 0 saturated heterocycles. The molecule has 0 unspecified atom stereocenters. The summed E-state index contributed by atoms with van der Waals surface area (Å²) in [7, 11) is -4.68. The monoisotopic (exact) mass is 230 g/mol. The highest BCUT2D eigenvalue weighted by molar-refractivity contribution is 7.92. The normalized spacial score (nSPS) is 13.0. The van der Waals surface area contributed by atoms with Crippen LogP contribution >= 0.6 is 0 Å². The molecule has 0 aromatic heterocycles. The molecule has 0 aliphatic rings. The summed E-state index contributed by atoms with van der Waals surface area (Å²) in [4.78, 5) is 10.8. The minimum atomic E-state index is -4.68. The molecule has 0 fully saturated rings. The molecule has 84 valence electrons. The van der Waals surface area contributed by atoms with Gasteiger partial charge in [-0.1, -0.05) is 0 Å². The zero-order valence-electron chi connectivity index (χ0n) is 8.08. The van der Waals surface area contributed by atoms with Crippen LogP contribution in [0.4, 0.5) is 8.78 Å². The molecule has 0 aliphatic heterocycles. The van der Waals surface area contributed by atoms with E-state index in [1.165, 1.54) is 20.8 Å². The van der Waals surface area contributed by atoms with Crippen LogP contribution in [0.3, 0.4) is 0 Å². The van der Waals surface area contributed by atoms with Gasteiger partial charge in [0.25, 0.3) is 0 Å². The molecule has 0 amide bonds. The first kappa shape index (κ1) is 13.3. The molecule has 0 saturated carbocycles. The Labute approximate surface area is 81.2 Å². The maximum atomic E-state index is 11.8. The fraction of sp³-hybridized carbons (Fsp3) is 0.857. The van der Waals surface area contributed by atoms with E-state index in [1.54, 1.807) is 0 Å². The Bertz CT molecular complexity index is 302. The predicted molar refractivity (Wildman–Crippen MR) is 45.6 cm³/mol. The van der Waals surface area contributed by atoms with Crippen molar-refractivity contribution in [3.8, 4) is 0 Å². The van der Waals surface area contributed by atoms with Crippen LogP contribution in [0.15, 0.2) is 0 Å². The van der Waals surface area contributed by atoms with Crippen molar-refractivity contribution in [1.29, 1.82) is 0 Å². The molecular formula is C7H12F2O4S. The number of hydrogen-bond acceptors (Lipinski definition) is 4. The maximum Gasteiger partial charge on any atom is 0.337 e. The Morgan fingerprint density at radius 1 is 1.36 bits per heavy atom. The van der Waals surface area contributed by atoms with E-state index in [0.717, 1.165) is 0 Å². The van der Waals surface area contributed by atoms with E-state index in [2.05, 4.69) is 4.74 Å². The van der Waals surface area contributed by atoms with Crippen LogP contribution in [0.5, 0.6) is 0 Å². The van der Waals surface area contributed by atoms with Gasteiger partial charge < -0.3 is 4.74 Å². The standard InChI is InChI=1S/C7H12F2O4S/c1-7(2,3)13-5(10)4-14(11,12)6(8)9/h6H,4H2,1-3H3. The fourth-order valence-electron chi connectivity index (χ4n) is 0.598. The van der Waals surface area contributed by atoms with Crippen molar-refractivity contribution in [1.82, 2.24) is 0 Å². The summed E-state index contributed by atoms with van der Waals surface area (Å²) in [6, 6.07) is 0. The summed E-state index contributed by atoms with van der Waals surface area (Å²) < 4.78 is 49.3. The van der Waals surface area contributed by atoms with Crippen molar-refractivity contribution in [2.45, 2.75) is 32.1 Å². The topological polar surface area (TPSA) is 60.4 Å². The number of alkyl halides is 2.